The van der Waals surface area contributed by atoms with Gasteiger partial charge in [-0.15, -0.1) is 11.6 Å². The molecule has 1 amide bonds. The van der Waals surface area contributed by atoms with Crippen LogP contribution in [0, 0.1) is 5.82 Å². The Balaban J connectivity index is 2.06. The lowest BCUT2D eigenvalue weighted by Crippen LogP contribution is -2.46. The molecule has 6 heteroatoms. The maximum absolute atomic E-state index is 12.7. The fraction of sp³-hybridized carbons (Fsp3) is 0.455. The maximum atomic E-state index is 12.7. The van der Waals surface area contributed by atoms with Gasteiger partial charge in [0.1, 0.15) is 11.5 Å². The second-order valence-corrected chi connectivity index (χ2v) is 4.07. The van der Waals surface area contributed by atoms with Gasteiger partial charge in [0.2, 0.25) is 0 Å². The van der Waals surface area contributed by atoms with Crippen molar-refractivity contribution in [3.05, 3.63) is 29.8 Å². The van der Waals surface area contributed by atoms with Gasteiger partial charge in [-0.3, -0.25) is 4.79 Å². The number of hydrogen-bond acceptors (Lipinski definition) is 3. The van der Waals surface area contributed by atoms with Gasteiger partial charge in [0.05, 0.1) is 24.8 Å². The monoisotopic (exact) mass is 258 g/mol. The molecule has 1 aromatic heterocycles. The highest BCUT2D eigenvalue weighted by molar-refractivity contribution is 6.18. The van der Waals surface area contributed by atoms with Crippen LogP contribution in [0.4, 0.5) is 4.39 Å². The number of morpholine rings is 1. The molecule has 0 aromatic carbocycles. The molecule has 0 saturated carbocycles. The molecule has 1 aliphatic rings. The molecule has 0 bridgehead atoms. The molecule has 1 unspecified atom stereocenters. The Kier molecular flexibility index (Phi) is 3.91. The summed E-state index contributed by atoms with van der Waals surface area (Å²) in [5, 5.41) is 0. The quantitative estimate of drug-likeness (QED) is 0.751. The van der Waals surface area contributed by atoms with Crippen molar-refractivity contribution in [1.29, 1.82) is 0 Å². The van der Waals surface area contributed by atoms with Gasteiger partial charge in [-0.2, -0.15) is 0 Å². The number of aromatic nitrogens is 1. The summed E-state index contributed by atoms with van der Waals surface area (Å²) in [6, 6.07) is 2.60. The first-order valence-corrected chi connectivity index (χ1v) is 5.82. The second kappa shape index (κ2) is 5.42. The topological polar surface area (TPSA) is 42.4 Å². The molecule has 0 aliphatic carbocycles. The first kappa shape index (κ1) is 12.3. The minimum atomic E-state index is -0.456. The third kappa shape index (κ3) is 2.92. The van der Waals surface area contributed by atoms with E-state index in [-0.39, 0.29) is 17.7 Å². The SMILES string of the molecule is O=C(c1ccc(F)cn1)N1CCOC(CCl)C1. The van der Waals surface area contributed by atoms with Crippen LogP contribution in [0.15, 0.2) is 18.3 Å². The van der Waals surface area contributed by atoms with E-state index in [4.69, 9.17) is 16.3 Å². The predicted octanol–water partition coefficient (Wildman–Crippen LogP) is 1.30. The summed E-state index contributed by atoms with van der Waals surface area (Å²) in [6.45, 7) is 1.41. The maximum Gasteiger partial charge on any atom is 0.272 e. The van der Waals surface area contributed by atoms with Crippen molar-refractivity contribution in [3.8, 4) is 0 Å². The molecule has 2 rings (SSSR count). The lowest BCUT2D eigenvalue weighted by atomic mass is 10.2. The number of hydrogen-bond donors (Lipinski definition) is 0. The van der Waals surface area contributed by atoms with Crippen molar-refractivity contribution >= 4 is 17.5 Å². The molecule has 17 heavy (non-hydrogen) atoms. The number of alkyl halides is 1. The average molecular weight is 259 g/mol. The van der Waals surface area contributed by atoms with Crippen LogP contribution in [0.3, 0.4) is 0 Å². The van der Waals surface area contributed by atoms with Crippen molar-refractivity contribution in [3.63, 3.8) is 0 Å². The number of pyridine rings is 1. The Morgan fingerprint density at radius 1 is 1.65 bits per heavy atom. The van der Waals surface area contributed by atoms with Crippen LogP contribution in [-0.2, 0) is 4.74 Å². The molecular formula is C11H12ClFN2O2. The highest BCUT2D eigenvalue weighted by atomic mass is 35.5. The molecular weight excluding hydrogens is 247 g/mol. The Morgan fingerprint density at radius 2 is 2.47 bits per heavy atom. The van der Waals surface area contributed by atoms with Gasteiger partial charge in [0.15, 0.2) is 0 Å². The summed E-state index contributed by atoms with van der Waals surface area (Å²) in [5.74, 6) is -0.328. The predicted molar refractivity (Wildman–Crippen MR) is 60.6 cm³/mol. The first-order valence-electron chi connectivity index (χ1n) is 5.29. The minimum absolute atomic E-state index is 0.144. The lowest BCUT2D eigenvalue weighted by Gasteiger charge is -2.31. The molecule has 0 spiro atoms. The molecule has 1 fully saturated rings. The smallest absolute Gasteiger partial charge is 0.272 e. The zero-order chi connectivity index (χ0) is 12.3. The summed E-state index contributed by atoms with van der Waals surface area (Å²) < 4.78 is 18.0. The average Bonchev–Trinajstić information content (AvgIpc) is 2.39. The molecule has 1 saturated heterocycles. The fourth-order valence-corrected chi connectivity index (χ4v) is 1.85. The van der Waals surface area contributed by atoms with Crippen LogP contribution in [-0.4, -0.2) is 47.5 Å². The molecule has 0 radical (unpaired) electrons. The van der Waals surface area contributed by atoms with E-state index in [1.165, 1.54) is 12.1 Å². The number of ether oxygens (including phenoxy) is 1. The van der Waals surface area contributed by atoms with Gasteiger partial charge in [-0.25, -0.2) is 9.37 Å². The number of nitrogens with zero attached hydrogens (tertiary/aromatic N) is 2. The third-order valence-electron chi connectivity index (χ3n) is 2.54. The van der Waals surface area contributed by atoms with Crippen LogP contribution >= 0.6 is 11.6 Å². The highest BCUT2D eigenvalue weighted by Crippen LogP contribution is 2.10. The third-order valence-corrected chi connectivity index (χ3v) is 2.89. The van der Waals surface area contributed by atoms with Crippen molar-refractivity contribution in [1.82, 2.24) is 9.88 Å². The van der Waals surface area contributed by atoms with Gasteiger partial charge >= 0.3 is 0 Å². The molecule has 92 valence electrons. The molecule has 1 aromatic rings. The number of amides is 1. The summed E-state index contributed by atoms with van der Waals surface area (Å²) in [5.41, 5.74) is 0.238. The van der Waals surface area contributed by atoms with Gasteiger partial charge in [-0.1, -0.05) is 0 Å². The van der Waals surface area contributed by atoms with Crippen LogP contribution in [0.2, 0.25) is 0 Å². The van der Waals surface area contributed by atoms with E-state index in [1.807, 2.05) is 0 Å². The fourth-order valence-electron chi connectivity index (χ4n) is 1.66. The highest BCUT2D eigenvalue weighted by Gasteiger charge is 2.25. The first-order chi connectivity index (χ1) is 8.20. The van der Waals surface area contributed by atoms with E-state index in [0.29, 0.717) is 25.6 Å². The number of carbonyl (C=O) groups excluding carboxylic acids is 1. The Hall–Kier alpha value is -1.20. The molecule has 0 N–H and O–H groups in total. The van der Waals surface area contributed by atoms with E-state index in [9.17, 15) is 9.18 Å². The van der Waals surface area contributed by atoms with Crippen LogP contribution in [0.25, 0.3) is 0 Å². The van der Waals surface area contributed by atoms with Crippen molar-refractivity contribution in [2.24, 2.45) is 0 Å². The lowest BCUT2D eigenvalue weighted by molar-refractivity contribution is -0.0110. The van der Waals surface area contributed by atoms with Crippen LogP contribution in [0.1, 0.15) is 10.5 Å². The standard InChI is InChI=1S/C11H12ClFN2O2/c12-5-9-7-15(3-4-17-9)11(16)10-2-1-8(13)6-14-10/h1-2,6,9H,3-5,7H2. The summed E-state index contributed by atoms with van der Waals surface area (Å²) >= 11 is 5.69. The Morgan fingerprint density at radius 3 is 3.12 bits per heavy atom. The number of halogens is 2. The van der Waals surface area contributed by atoms with Gasteiger partial charge < -0.3 is 9.64 Å². The summed E-state index contributed by atoms with van der Waals surface area (Å²) in [6.07, 6.45) is 0.891. The summed E-state index contributed by atoms with van der Waals surface area (Å²) in [7, 11) is 0. The van der Waals surface area contributed by atoms with E-state index in [0.717, 1.165) is 6.20 Å². The van der Waals surface area contributed by atoms with Crippen LogP contribution < -0.4 is 0 Å². The Bertz CT molecular complexity index is 399. The largest absolute Gasteiger partial charge is 0.373 e. The molecule has 1 atom stereocenters. The van der Waals surface area contributed by atoms with E-state index in [1.54, 1.807) is 4.90 Å². The zero-order valence-corrected chi connectivity index (χ0v) is 9.86. The Labute approximate surface area is 103 Å². The van der Waals surface area contributed by atoms with E-state index in [2.05, 4.69) is 4.98 Å². The number of rotatable bonds is 2. The van der Waals surface area contributed by atoms with E-state index >= 15 is 0 Å². The van der Waals surface area contributed by atoms with E-state index < -0.39 is 5.82 Å². The van der Waals surface area contributed by atoms with Crippen molar-refractivity contribution in [2.75, 3.05) is 25.6 Å². The second-order valence-electron chi connectivity index (χ2n) is 3.76. The molecule has 2 heterocycles. The molecule has 1 aliphatic heterocycles. The number of carbonyl (C=O) groups is 1. The van der Waals surface area contributed by atoms with Gasteiger partial charge in [0.25, 0.3) is 5.91 Å². The zero-order valence-electron chi connectivity index (χ0n) is 9.10. The van der Waals surface area contributed by atoms with Crippen molar-refractivity contribution < 1.29 is 13.9 Å². The van der Waals surface area contributed by atoms with Crippen molar-refractivity contribution in [2.45, 2.75) is 6.10 Å². The van der Waals surface area contributed by atoms with Gasteiger partial charge in [-0.05, 0) is 12.1 Å². The normalized spacial score (nSPS) is 20.4. The molecule has 4 nitrogen and oxygen atoms in total. The van der Waals surface area contributed by atoms with Crippen LogP contribution in [0.5, 0.6) is 0 Å². The summed E-state index contributed by atoms with van der Waals surface area (Å²) in [4.78, 5) is 17.4. The van der Waals surface area contributed by atoms with Gasteiger partial charge in [0, 0.05) is 13.1 Å². The minimum Gasteiger partial charge on any atom is -0.373 e.